The van der Waals surface area contributed by atoms with Crippen LogP contribution in [0.15, 0.2) is 201 Å². The number of hydrogen-bond acceptors (Lipinski definition) is 15. The number of amides is 2. The van der Waals surface area contributed by atoms with Crippen LogP contribution in [0.4, 0.5) is 5.82 Å². The van der Waals surface area contributed by atoms with Crippen molar-refractivity contribution in [1.82, 2.24) is 24.8 Å². The molecular formula is C70H72N6O13Si. The molecule has 10 rings (SSSR count). The van der Waals surface area contributed by atoms with Gasteiger partial charge in [0.15, 0.2) is 29.3 Å². The predicted molar refractivity (Wildman–Crippen MR) is 340 cm³/mol. The average Bonchev–Trinajstić information content (AvgIpc) is 0.833. The molecule has 19 nitrogen and oxygen atoms in total. The summed E-state index contributed by atoms with van der Waals surface area (Å²) < 4.78 is 54.4. The number of rotatable bonds is 27. The molecule has 7 aromatic carbocycles. The lowest BCUT2D eigenvalue weighted by Crippen LogP contribution is -2.66. The lowest BCUT2D eigenvalue weighted by atomic mass is 9.80. The van der Waals surface area contributed by atoms with E-state index in [1.54, 1.807) is 68.4 Å². The number of nitrogens with one attached hydrogen (secondary N) is 2. The summed E-state index contributed by atoms with van der Waals surface area (Å²) in [5, 5.41) is 16.6. The van der Waals surface area contributed by atoms with Gasteiger partial charge in [-0.25, -0.2) is 19.7 Å². The molecule has 4 atom stereocenters. The standard InChI is InChI=1S/C70H72N6O13Si/c1-69(2,3)90(55-23-15-9-16-24-55,56-25-17-10-18-26-56)87-43-49-41-47(42-71-59(77)37-38-60(78)79)27-36-57(49)68(81)89-62-58(44-86-70(50-21-13-8-14-22-50,51-28-32-53(83-5)33-29-51)52-30-34-54(84-6)35-31-52)88-67(63(62)85-40-39-82-4)76-46-74-61-64(72-45-73-65(61)76)75-66(80)48-19-11-7-12-20-48/h7-36,41,45-46,58,62-63,67H,37-40,42-44H2,1-6H3,(H,71,77)(H,78,79)(H,72,73,75,80)/t58-,62+,63+,67-/m1/s1. The lowest BCUT2D eigenvalue weighted by molar-refractivity contribution is -0.138. The van der Waals surface area contributed by atoms with Crippen LogP contribution in [0.3, 0.4) is 0 Å². The van der Waals surface area contributed by atoms with Gasteiger partial charge in [0.25, 0.3) is 14.2 Å². The van der Waals surface area contributed by atoms with Crippen molar-refractivity contribution in [2.45, 2.75) is 81.9 Å². The van der Waals surface area contributed by atoms with Crippen LogP contribution in [-0.4, -0.2) is 116 Å². The summed E-state index contributed by atoms with van der Waals surface area (Å²) in [6, 6.07) is 59.1. The molecule has 0 unspecified atom stereocenters. The van der Waals surface area contributed by atoms with E-state index >= 15 is 4.79 Å². The van der Waals surface area contributed by atoms with Gasteiger partial charge in [0.05, 0.1) is 59.0 Å². The molecule has 2 amide bonds. The number of aliphatic carboxylic acids is 1. The van der Waals surface area contributed by atoms with Crippen LogP contribution >= 0.6 is 0 Å². The third-order valence-electron chi connectivity index (χ3n) is 16.0. The minimum atomic E-state index is -3.26. The second-order valence-electron chi connectivity index (χ2n) is 22.6. The Bertz CT molecular complexity index is 3790. The summed E-state index contributed by atoms with van der Waals surface area (Å²) in [5.41, 5.74) is 3.05. The maximum absolute atomic E-state index is 15.8. The van der Waals surface area contributed by atoms with E-state index < -0.39 is 67.2 Å². The van der Waals surface area contributed by atoms with Crippen LogP contribution in [0.25, 0.3) is 11.2 Å². The molecule has 2 aromatic heterocycles. The first kappa shape index (κ1) is 63.6. The number of aromatic nitrogens is 4. The Hall–Kier alpha value is -9.41. The highest BCUT2D eigenvalue weighted by Crippen LogP contribution is 2.45. The predicted octanol–water partition coefficient (Wildman–Crippen LogP) is 9.82. The zero-order valence-corrected chi connectivity index (χ0v) is 51.9. The number of benzene rings is 7. The number of carbonyl (C=O) groups excluding carboxylic acids is 3. The number of ether oxygens (including phenoxy) is 7. The molecular weight excluding hydrogens is 1160 g/mol. The minimum absolute atomic E-state index is 0.0264. The second kappa shape index (κ2) is 28.8. The monoisotopic (exact) mass is 1230 g/mol. The molecule has 1 saturated heterocycles. The molecule has 1 fully saturated rings. The van der Waals surface area contributed by atoms with Crippen LogP contribution in [0, 0.1) is 0 Å². The summed E-state index contributed by atoms with van der Waals surface area (Å²) in [5.74, 6) is -1.30. The Kier molecular flexibility index (Phi) is 20.4. The van der Waals surface area contributed by atoms with Crippen molar-refractivity contribution in [2.75, 3.05) is 46.5 Å². The maximum Gasteiger partial charge on any atom is 0.338 e. The summed E-state index contributed by atoms with van der Waals surface area (Å²) >= 11 is 0. The maximum atomic E-state index is 15.8. The van der Waals surface area contributed by atoms with Crippen LogP contribution in [0.1, 0.15) is 88.4 Å². The topological polar surface area (TPSA) is 230 Å². The van der Waals surface area contributed by atoms with E-state index in [1.165, 1.54) is 12.7 Å². The number of carboxylic acids is 1. The number of methoxy groups -OCH3 is 3. The highest BCUT2D eigenvalue weighted by Gasteiger charge is 2.53. The van der Waals surface area contributed by atoms with E-state index in [2.05, 4.69) is 65.6 Å². The quantitative estimate of drug-likeness (QED) is 0.0188. The molecule has 0 bridgehead atoms. The Balaban J connectivity index is 1.10. The molecule has 90 heavy (non-hydrogen) atoms. The number of hydrogen-bond donors (Lipinski definition) is 3. The first-order chi connectivity index (χ1) is 43.7. The summed E-state index contributed by atoms with van der Waals surface area (Å²) in [7, 11) is 1.49. The van der Waals surface area contributed by atoms with E-state index in [0.717, 1.165) is 27.1 Å². The van der Waals surface area contributed by atoms with Crippen molar-refractivity contribution in [3.8, 4) is 11.5 Å². The minimum Gasteiger partial charge on any atom is -0.497 e. The fourth-order valence-corrected chi connectivity index (χ4v) is 16.1. The molecule has 0 spiro atoms. The van der Waals surface area contributed by atoms with Crippen LogP contribution < -0.4 is 30.5 Å². The Labute approximate surface area is 523 Å². The lowest BCUT2D eigenvalue weighted by Gasteiger charge is -2.43. The number of carbonyl (C=O) groups is 4. The summed E-state index contributed by atoms with van der Waals surface area (Å²) in [6.07, 6.45) is -2.33. The van der Waals surface area contributed by atoms with E-state index in [9.17, 15) is 19.5 Å². The van der Waals surface area contributed by atoms with Crippen LogP contribution in [-0.2, 0) is 56.5 Å². The Morgan fingerprint density at radius 1 is 0.667 bits per heavy atom. The van der Waals surface area contributed by atoms with E-state index in [-0.39, 0.29) is 68.4 Å². The molecule has 20 heteroatoms. The fraction of sp³-hybridized carbons (Fsp3) is 0.271. The molecule has 0 aliphatic carbocycles. The van der Waals surface area contributed by atoms with E-state index in [0.29, 0.717) is 28.2 Å². The highest BCUT2D eigenvalue weighted by atomic mass is 28.4. The van der Waals surface area contributed by atoms with Crippen molar-refractivity contribution in [2.24, 2.45) is 0 Å². The van der Waals surface area contributed by atoms with Gasteiger partial charge < -0.3 is 53.3 Å². The van der Waals surface area contributed by atoms with Crippen molar-refractivity contribution in [3.05, 3.63) is 240 Å². The zero-order chi connectivity index (χ0) is 63.3. The fourth-order valence-electron chi connectivity index (χ4n) is 11.6. The van der Waals surface area contributed by atoms with Gasteiger partial charge in [-0.15, -0.1) is 0 Å². The SMILES string of the molecule is COCCO[C@H]1[C@@H](OC(=O)c2ccc(CNC(=O)CCC(=O)O)cc2CO[Si](c2ccccc2)(c2ccccc2)C(C)(C)C)[C@@H](COC(c2ccccc2)(c2ccc(OC)cc2)c2ccc(OC)cc2)O[C@H]1n1cnc2c(NC(=O)c3ccccc3)ncnc21. The molecule has 0 radical (unpaired) electrons. The third kappa shape index (κ3) is 13.9. The van der Waals surface area contributed by atoms with Gasteiger partial charge in [0, 0.05) is 25.6 Å². The van der Waals surface area contributed by atoms with Crippen molar-refractivity contribution < 1.29 is 61.9 Å². The molecule has 9 aromatic rings. The number of fused-ring (bicyclic) bond motifs is 1. The number of nitrogens with zero attached hydrogens (tertiary/aromatic N) is 4. The van der Waals surface area contributed by atoms with Gasteiger partial charge in [-0.05, 0) is 85.7 Å². The first-order valence-corrected chi connectivity index (χ1v) is 31.4. The van der Waals surface area contributed by atoms with E-state index in [4.69, 9.17) is 42.6 Å². The van der Waals surface area contributed by atoms with Crippen molar-refractivity contribution >= 4 is 59.4 Å². The number of anilines is 1. The molecule has 3 heterocycles. The molecule has 1 aliphatic rings. The van der Waals surface area contributed by atoms with Crippen molar-refractivity contribution in [3.63, 3.8) is 0 Å². The number of esters is 1. The summed E-state index contributed by atoms with van der Waals surface area (Å²) in [6.45, 7) is 6.38. The molecule has 464 valence electrons. The second-order valence-corrected chi connectivity index (χ2v) is 26.9. The Morgan fingerprint density at radius 2 is 1.26 bits per heavy atom. The van der Waals surface area contributed by atoms with Gasteiger partial charge in [-0.1, -0.05) is 166 Å². The van der Waals surface area contributed by atoms with Gasteiger partial charge in [0.1, 0.15) is 35.6 Å². The number of carboxylic acid groups (broad SMARTS) is 1. The van der Waals surface area contributed by atoms with Gasteiger partial charge in [-0.2, -0.15) is 0 Å². The van der Waals surface area contributed by atoms with Gasteiger partial charge in [-0.3, -0.25) is 19.0 Å². The van der Waals surface area contributed by atoms with Gasteiger partial charge in [0.2, 0.25) is 5.91 Å². The summed E-state index contributed by atoms with van der Waals surface area (Å²) in [4.78, 5) is 67.6. The van der Waals surface area contributed by atoms with Gasteiger partial charge >= 0.3 is 11.9 Å². The largest absolute Gasteiger partial charge is 0.497 e. The smallest absolute Gasteiger partial charge is 0.338 e. The number of imidazole rings is 1. The van der Waals surface area contributed by atoms with E-state index in [1.807, 2.05) is 121 Å². The normalized spacial score (nSPS) is 15.9. The van der Waals surface area contributed by atoms with Crippen LogP contribution in [0.2, 0.25) is 5.04 Å². The highest BCUT2D eigenvalue weighted by molar-refractivity contribution is 6.99. The zero-order valence-electron chi connectivity index (χ0n) is 50.9. The average molecular weight is 1230 g/mol. The van der Waals surface area contributed by atoms with Crippen LogP contribution in [0.5, 0.6) is 11.5 Å². The molecule has 3 N–H and O–H groups in total. The van der Waals surface area contributed by atoms with Crippen molar-refractivity contribution in [1.29, 1.82) is 0 Å². The first-order valence-electron chi connectivity index (χ1n) is 29.5. The molecule has 0 saturated carbocycles. The third-order valence-corrected chi connectivity index (χ3v) is 21.0. The Morgan fingerprint density at radius 3 is 1.83 bits per heavy atom. The molecule has 1 aliphatic heterocycles.